The molecule has 0 aliphatic rings. The fourth-order valence-electron chi connectivity index (χ4n) is 1.92. The number of carbonyl (C=O) groups excluding carboxylic acids is 3. The van der Waals surface area contributed by atoms with Crippen molar-refractivity contribution in [2.24, 2.45) is 0 Å². The average Bonchev–Trinajstić information content (AvgIpc) is 2.59. The van der Waals surface area contributed by atoms with Crippen molar-refractivity contribution in [1.82, 2.24) is 10.2 Å². The van der Waals surface area contributed by atoms with Crippen LogP contribution in [0, 0.1) is 0 Å². The van der Waals surface area contributed by atoms with Gasteiger partial charge < -0.3 is 15.0 Å². The van der Waals surface area contributed by atoms with Crippen molar-refractivity contribution in [1.29, 1.82) is 0 Å². The number of hydrogen-bond donors (Lipinski definition) is 1. The van der Waals surface area contributed by atoms with Gasteiger partial charge in [-0.1, -0.05) is 35.9 Å². The monoisotopic (exact) mass is 364 g/mol. The van der Waals surface area contributed by atoms with Gasteiger partial charge in [-0.25, -0.2) is 4.79 Å². The molecule has 0 aliphatic carbocycles. The van der Waals surface area contributed by atoms with Crippen LogP contribution in [0.25, 0.3) is 0 Å². The maximum Gasteiger partial charge on any atom is 0.328 e. The van der Waals surface area contributed by atoms with E-state index in [1.807, 2.05) is 0 Å². The molecule has 1 aromatic rings. The molecule has 1 N–H and O–H groups in total. The lowest BCUT2D eigenvalue weighted by atomic mass is 10.2. The minimum absolute atomic E-state index is 0.253. The Hall–Kier alpha value is -2.60. The number of ether oxygens (including phenoxy) is 1. The largest absolute Gasteiger partial charge is 0.454 e. The zero-order valence-electron chi connectivity index (χ0n) is 14.0. The zero-order chi connectivity index (χ0) is 18.8. The van der Waals surface area contributed by atoms with Gasteiger partial charge in [0.15, 0.2) is 6.61 Å². The molecule has 1 rings (SSSR count). The first-order valence-electron chi connectivity index (χ1n) is 7.62. The normalized spacial score (nSPS) is 11.1. The lowest BCUT2D eigenvalue weighted by Gasteiger charge is -2.20. The van der Waals surface area contributed by atoms with Crippen molar-refractivity contribution in [3.8, 4) is 0 Å². The quantitative estimate of drug-likeness (QED) is 0.538. The maximum atomic E-state index is 12.1. The summed E-state index contributed by atoms with van der Waals surface area (Å²) < 4.78 is 4.96. The maximum absolute atomic E-state index is 12.1. The molecule has 1 atom stereocenters. The first-order valence-corrected chi connectivity index (χ1v) is 8.00. The van der Waals surface area contributed by atoms with Crippen LogP contribution < -0.4 is 5.32 Å². The van der Waals surface area contributed by atoms with Crippen LogP contribution in [0.3, 0.4) is 0 Å². The Bertz CT molecular complexity index is 650. The number of halogens is 1. The lowest BCUT2D eigenvalue weighted by Crippen LogP contribution is -2.41. The van der Waals surface area contributed by atoms with E-state index in [9.17, 15) is 14.4 Å². The number of amides is 2. The summed E-state index contributed by atoms with van der Waals surface area (Å²) in [5.41, 5.74) is 0.253. The fourth-order valence-corrected chi connectivity index (χ4v) is 2.14. The first-order chi connectivity index (χ1) is 11.9. The van der Waals surface area contributed by atoms with Crippen LogP contribution in [0.5, 0.6) is 0 Å². The lowest BCUT2D eigenvalue weighted by molar-refractivity contribution is -0.152. The van der Waals surface area contributed by atoms with Crippen molar-refractivity contribution in [2.75, 3.05) is 19.7 Å². The van der Waals surface area contributed by atoms with Crippen LogP contribution in [0.4, 0.5) is 0 Å². The minimum atomic E-state index is -0.927. The highest BCUT2D eigenvalue weighted by atomic mass is 35.5. The van der Waals surface area contributed by atoms with Crippen LogP contribution in [-0.4, -0.2) is 48.4 Å². The Morgan fingerprint density at radius 1 is 1.24 bits per heavy atom. The highest BCUT2D eigenvalue weighted by Crippen LogP contribution is 2.14. The number of nitrogens with zero attached hydrogens (tertiary/aromatic N) is 1. The Labute approximate surface area is 152 Å². The van der Waals surface area contributed by atoms with Crippen molar-refractivity contribution in [2.45, 2.75) is 13.0 Å². The standard InChI is InChI=1S/C18H21ClN2O4/c1-4-10-21(11-5-2)16(22)12-25-18(24)13(3)20-17(23)14-8-6-7-9-15(14)19/h4-9,13H,1-2,10-12H2,3H3,(H,20,23)/t13-/m0/s1. The second-order valence-corrected chi connectivity index (χ2v) is 5.57. The van der Waals surface area contributed by atoms with Gasteiger partial charge in [0, 0.05) is 13.1 Å². The summed E-state index contributed by atoms with van der Waals surface area (Å²) >= 11 is 5.94. The van der Waals surface area contributed by atoms with Gasteiger partial charge in [-0.3, -0.25) is 9.59 Å². The summed E-state index contributed by atoms with van der Waals surface area (Å²) in [6, 6.07) is 5.55. The van der Waals surface area contributed by atoms with E-state index in [0.717, 1.165) is 0 Å². The fraction of sp³-hybridized carbons (Fsp3) is 0.278. The molecule has 1 aromatic carbocycles. The molecule has 7 heteroatoms. The van der Waals surface area contributed by atoms with Gasteiger partial charge in [0.1, 0.15) is 6.04 Å². The Balaban J connectivity index is 2.55. The average molecular weight is 365 g/mol. The van der Waals surface area contributed by atoms with Crippen LogP contribution in [0.2, 0.25) is 5.02 Å². The van der Waals surface area contributed by atoms with Gasteiger partial charge in [0.05, 0.1) is 10.6 Å². The summed E-state index contributed by atoms with van der Waals surface area (Å²) in [6.45, 7) is 8.81. The molecule has 0 aromatic heterocycles. The molecule has 6 nitrogen and oxygen atoms in total. The van der Waals surface area contributed by atoms with E-state index in [-0.39, 0.29) is 16.5 Å². The number of esters is 1. The molecule has 0 spiro atoms. The molecule has 0 aliphatic heterocycles. The Kier molecular flexibility index (Phi) is 8.43. The Morgan fingerprint density at radius 3 is 2.40 bits per heavy atom. The van der Waals surface area contributed by atoms with Gasteiger partial charge in [-0.15, -0.1) is 13.2 Å². The summed E-state index contributed by atoms with van der Waals surface area (Å²) in [5, 5.41) is 2.76. The van der Waals surface area contributed by atoms with E-state index in [2.05, 4.69) is 18.5 Å². The highest BCUT2D eigenvalue weighted by molar-refractivity contribution is 6.33. The SMILES string of the molecule is C=CCN(CC=C)C(=O)COC(=O)[C@H](C)NC(=O)c1ccccc1Cl. The van der Waals surface area contributed by atoms with E-state index in [4.69, 9.17) is 16.3 Å². The smallest absolute Gasteiger partial charge is 0.328 e. The summed E-state index contributed by atoms with van der Waals surface area (Å²) in [7, 11) is 0. The van der Waals surface area contributed by atoms with Crippen LogP contribution >= 0.6 is 11.6 Å². The third-order valence-electron chi connectivity index (χ3n) is 3.21. The van der Waals surface area contributed by atoms with Crippen molar-refractivity contribution in [3.63, 3.8) is 0 Å². The number of nitrogens with one attached hydrogen (secondary N) is 1. The number of carbonyl (C=O) groups is 3. The topological polar surface area (TPSA) is 75.7 Å². The van der Waals surface area contributed by atoms with E-state index in [0.29, 0.717) is 13.1 Å². The molecule has 2 amide bonds. The molecule has 0 radical (unpaired) electrons. The van der Waals surface area contributed by atoms with Gasteiger partial charge in [0.2, 0.25) is 0 Å². The first kappa shape index (κ1) is 20.4. The third-order valence-corrected chi connectivity index (χ3v) is 3.54. The molecule has 0 saturated carbocycles. The number of hydrogen-bond acceptors (Lipinski definition) is 4. The molecule has 0 unspecified atom stereocenters. The minimum Gasteiger partial charge on any atom is -0.454 e. The summed E-state index contributed by atoms with van der Waals surface area (Å²) in [6.07, 6.45) is 3.13. The molecule has 0 heterocycles. The summed E-state index contributed by atoms with van der Waals surface area (Å²) in [4.78, 5) is 37.5. The van der Waals surface area contributed by atoms with Gasteiger partial charge >= 0.3 is 5.97 Å². The second-order valence-electron chi connectivity index (χ2n) is 5.16. The molecule has 0 bridgehead atoms. The molecule has 25 heavy (non-hydrogen) atoms. The predicted molar refractivity (Wildman–Crippen MR) is 96.3 cm³/mol. The van der Waals surface area contributed by atoms with Gasteiger partial charge in [-0.2, -0.15) is 0 Å². The molecule has 0 fully saturated rings. The summed E-state index contributed by atoms with van der Waals surface area (Å²) in [5.74, 6) is -1.59. The van der Waals surface area contributed by atoms with Crippen molar-refractivity contribution >= 4 is 29.4 Å². The van der Waals surface area contributed by atoms with E-state index < -0.39 is 24.5 Å². The van der Waals surface area contributed by atoms with Crippen molar-refractivity contribution < 1.29 is 19.1 Å². The van der Waals surface area contributed by atoms with E-state index >= 15 is 0 Å². The predicted octanol–water partition coefficient (Wildman–Crippen LogP) is 2.20. The van der Waals surface area contributed by atoms with Gasteiger partial charge in [-0.05, 0) is 19.1 Å². The highest BCUT2D eigenvalue weighted by Gasteiger charge is 2.21. The number of rotatable bonds is 9. The van der Waals surface area contributed by atoms with Crippen molar-refractivity contribution in [3.05, 3.63) is 60.2 Å². The second kappa shape index (κ2) is 10.3. The number of benzene rings is 1. The van der Waals surface area contributed by atoms with E-state index in [1.54, 1.807) is 36.4 Å². The van der Waals surface area contributed by atoms with Crippen LogP contribution in [0.1, 0.15) is 17.3 Å². The molecular formula is C18H21ClN2O4. The zero-order valence-corrected chi connectivity index (χ0v) is 14.8. The third kappa shape index (κ3) is 6.43. The Morgan fingerprint density at radius 2 is 1.84 bits per heavy atom. The molecular weight excluding hydrogens is 344 g/mol. The van der Waals surface area contributed by atoms with Crippen LogP contribution in [0.15, 0.2) is 49.6 Å². The van der Waals surface area contributed by atoms with Crippen LogP contribution in [-0.2, 0) is 14.3 Å². The van der Waals surface area contributed by atoms with E-state index in [1.165, 1.54) is 11.8 Å². The molecule has 134 valence electrons. The molecule has 0 saturated heterocycles. The van der Waals surface area contributed by atoms with Gasteiger partial charge in [0.25, 0.3) is 11.8 Å².